The Kier molecular flexibility index (Phi) is 20.0. The van der Waals surface area contributed by atoms with Crippen LogP contribution >= 0.6 is 0 Å². The molecule has 182 valence electrons. The number of ether oxygens (including phenoxy) is 4. The lowest BCUT2D eigenvalue weighted by Crippen LogP contribution is -2.12. The van der Waals surface area contributed by atoms with E-state index in [1.165, 1.54) is 24.3 Å². The summed E-state index contributed by atoms with van der Waals surface area (Å²) in [6.07, 6.45) is -1.74. The molecular formula is C18H26O14. The van der Waals surface area contributed by atoms with Gasteiger partial charge in [0, 0.05) is 0 Å². The van der Waals surface area contributed by atoms with Crippen LogP contribution in [0.5, 0.6) is 0 Å². The maximum atomic E-state index is 10.3. The molecule has 1 aromatic rings. The van der Waals surface area contributed by atoms with E-state index in [-0.39, 0.29) is 64.0 Å². The van der Waals surface area contributed by atoms with Gasteiger partial charge in [-0.2, -0.15) is 0 Å². The van der Waals surface area contributed by atoms with E-state index in [0.717, 1.165) is 0 Å². The predicted molar refractivity (Wildman–Crippen MR) is 103 cm³/mol. The summed E-state index contributed by atoms with van der Waals surface area (Å²) in [6, 6.07) is 5.02. The molecule has 0 spiro atoms. The van der Waals surface area contributed by atoms with Crippen molar-refractivity contribution in [3.63, 3.8) is 0 Å². The number of aliphatic hydroxyl groups excluding tert-OH is 4. The SMILES string of the molecule is O=C(O)c1ccc(C(=O)O)cc1.O=C(OCCO)OCCO.O=C(OCCO)OCCO. The smallest absolute Gasteiger partial charge is 0.478 e. The molecule has 6 N–H and O–H groups in total. The van der Waals surface area contributed by atoms with Crippen molar-refractivity contribution in [3.8, 4) is 0 Å². The van der Waals surface area contributed by atoms with Gasteiger partial charge < -0.3 is 49.6 Å². The van der Waals surface area contributed by atoms with E-state index in [1.807, 2.05) is 0 Å². The van der Waals surface area contributed by atoms with Gasteiger partial charge >= 0.3 is 24.2 Å². The van der Waals surface area contributed by atoms with Crippen LogP contribution in [0, 0.1) is 0 Å². The summed E-state index contributed by atoms with van der Waals surface area (Å²) in [5, 5.41) is 49.6. The molecule has 0 aliphatic carbocycles. The number of benzene rings is 1. The molecule has 0 aliphatic heterocycles. The topological polar surface area (TPSA) is 227 Å². The number of rotatable bonds is 10. The maximum absolute atomic E-state index is 10.3. The number of carbonyl (C=O) groups is 4. The minimum absolute atomic E-state index is 0.0791. The van der Waals surface area contributed by atoms with E-state index >= 15 is 0 Å². The third-order valence-corrected chi connectivity index (χ3v) is 2.62. The van der Waals surface area contributed by atoms with E-state index in [4.69, 9.17) is 30.6 Å². The van der Waals surface area contributed by atoms with Crippen LogP contribution in [-0.4, -0.2) is 108 Å². The molecule has 0 saturated heterocycles. The summed E-state index contributed by atoms with van der Waals surface area (Å²) >= 11 is 0. The van der Waals surface area contributed by atoms with Gasteiger partial charge in [0.1, 0.15) is 26.4 Å². The summed E-state index contributed by atoms with van der Waals surface area (Å²) in [5.74, 6) is -2.13. The minimum Gasteiger partial charge on any atom is -0.478 e. The van der Waals surface area contributed by atoms with Crippen LogP contribution < -0.4 is 0 Å². The first-order chi connectivity index (χ1) is 15.2. The Labute approximate surface area is 182 Å². The van der Waals surface area contributed by atoms with Crippen molar-refractivity contribution in [2.45, 2.75) is 0 Å². The molecule has 0 heterocycles. The lowest BCUT2D eigenvalue weighted by atomic mass is 10.1. The highest BCUT2D eigenvalue weighted by atomic mass is 16.7. The first-order valence-electron chi connectivity index (χ1n) is 8.82. The van der Waals surface area contributed by atoms with Crippen molar-refractivity contribution < 1.29 is 68.8 Å². The highest BCUT2D eigenvalue weighted by molar-refractivity contribution is 5.91. The number of carbonyl (C=O) groups excluding carboxylic acids is 2. The fourth-order valence-corrected chi connectivity index (χ4v) is 1.35. The Morgan fingerprint density at radius 2 is 0.750 bits per heavy atom. The first kappa shape index (κ1) is 30.7. The van der Waals surface area contributed by atoms with Crippen molar-refractivity contribution in [2.24, 2.45) is 0 Å². The average Bonchev–Trinajstić information content (AvgIpc) is 2.79. The molecule has 1 rings (SSSR count). The van der Waals surface area contributed by atoms with Crippen molar-refractivity contribution >= 4 is 24.2 Å². The minimum atomic E-state index is -1.06. The fourth-order valence-electron chi connectivity index (χ4n) is 1.35. The van der Waals surface area contributed by atoms with Gasteiger partial charge in [-0.15, -0.1) is 0 Å². The number of carboxylic acids is 2. The van der Waals surface area contributed by atoms with Crippen LogP contribution in [0.1, 0.15) is 20.7 Å². The second-order valence-corrected chi connectivity index (χ2v) is 4.98. The second-order valence-electron chi connectivity index (χ2n) is 4.98. The molecule has 0 saturated carbocycles. The van der Waals surface area contributed by atoms with Crippen molar-refractivity contribution in [1.82, 2.24) is 0 Å². The first-order valence-corrected chi connectivity index (χ1v) is 8.82. The van der Waals surface area contributed by atoms with Gasteiger partial charge in [-0.05, 0) is 24.3 Å². The van der Waals surface area contributed by atoms with Crippen molar-refractivity contribution in [3.05, 3.63) is 35.4 Å². The van der Waals surface area contributed by atoms with Crippen LogP contribution in [0.25, 0.3) is 0 Å². The zero-order valence-corrected chi connectivity index (χ0v) is 16.9. The van der Waals surface area contributed by atoms with Crippen LogP contribution in [0.15, 0.2) is 24.3 Å². The van der Waals surface area contributed by atoms with Gasteiger partial charge in [-0.1, -0.05) is 0 Å². The van der Waals surface area contributed by atoms with Gasteiger partial charge in [0.25, 0.3) is 0 Å². The third-order valence-electron chi connectivity index (χ3n) is 2.62. The molecule has 1 aromatic carbocycles. The summed E-state index contributed by atoms with van der Waals surface area (Å²) < 4.78 is 17.1. The number of carboxylic acid groups (broad SMARTS) is 2. The standard InChI is InChI=1S/C8H6O4.2C5H10O5/c9-7(10)5-1-2-6(4-3-5)8(11)12;2*6-1-3-9-5(8)10-4-2-7/h1-4H,(H,9,10)(H,11,12);2*6-7H,1-4H2. The lowest BCUT2D eigenvalue weighted by Gasteiger charge is -2.01. The average molecular weight is 466 g/mol. The monoisotopic (exact) mass is 466 g/mol. The van der Waals surface area contributed by atoms with Gasteiger partial charge in [-0.3, -0.25) is 0 Å². The van der Waals surface area contributed by atoms with Crippen molar-refractivity contribution in [1.29, 1.82) is 0 Å². The van der Waals surface area contributed by atoms with E-state index in [2.05, 4.69) is 18.9 Å². The Balaban J connectivity index is 0. The molecule has 14 heteroatoms. The van der Waals surface area contributed by atoms with Crippen molar-refractivity contribution in [2.75, 3.05) is 52.9 Å². The molecule has 32 heavy (non-hydrogen) atoms. The quantitative estimate of drug-likeness (QED) is 0.235. The molecule has 0 aromatic heterocycles. The number of aromatic carboxylic acids is 2. The van der Waals surface area contributed by atoms with Crippen LogP contribution in [0.4, 0.5) is 9.59 Å². The second kappa shape index (κ2) is 20.8. The Hall–Kier alpha value is -3.46. The molecule has 0 aliphatic rings. The summed E-state index contributed by atoms with van der Waals surface area (Å²) in [6.45, 7) is -1.23. The summed E-state index contributed by atoms with van der Waals surface area (Å²) in [7, 11) is 0. The normalized spacial score (nSPS) is 9.12. The maximum Gasteiger partial charge on any atom is 0.508 e. The largest absolute Gasteiger partial charge is 0.508 e. The zero-order chi connectivity index (χ0) is 24.8. The molecule has 0 amide bonds. The molecule has 0 unspecified atom stereocenters. The Morgan fingerprint density at radius 1 is 0.531 bits per heavy atom. The van der Waals surface area contributed by atoms with Gasteiger partial charge in [-0.25, -0.2) is 19.2 Å². The Morgan fingerprint density at radius 3 is 0.906 bits per heavy atom. The van der Waals surface area contributed by atoms with E-state index in [0.29, 0.717) is 0 Å². The summed E-state index contributed by atoms with van der Waals surface area (Å²) in [4.78, 5) is 41.3. The van der Waals surface area contributed by atoms with Crippen LogP contribution in [-0.2, 0) is 18.9 Å². The highest BCUT2D eigenvalue weighted by Crippen LogP contribution is 2.03. The lowest BCUT2D eigenvalue weighted by molar-refractivity contribution is 0.0334. The number of hydrogen-bond acceptors (Lipinski definition) is 12. The molecular weight excluding hydrogens is 440 g/mol. The Bertz CT molecular complexity index is 581. The number of hydrogen-bond donors (Lipinski definition) is 6. The van der Waals surface area contributed by atoms with Gasteiger partial charge in [0.2, 0.25) is 0 Å². The molecule has 14 nitrogen and oxygen atoms in total. The number of aliphatic hydroxyl groups is 4. The van der Waals surface area contributed by atoms with Gasteiger partial charge in [0.05, 0.1) is 37.6 Å². The van der Waals surface area contributed by atoms with Crippen LogP contribution in [0.3, 0.4) is 0 Å². The van der Waals surface area contributed by atoms with E-state index in [9.17, 15) is 19.2 Å². The van der Waals surface area contributed by atoms with Crippen LogP contribution in [0.2, 0.25) is 0 Å². The molecule has 0 radical (unpaired) electrons. The van der Waals surface area contributed by atoms with E-state index in [1.54, 1.807) is 0 Å². The zero-order valence-electron chi connectivity index (χ0n) is 16.9. The summed E-state index contributed by atoms with van der Waals surface area (Å²) in [5.41, 5.74) is 0.167. The fraction of sp³-hybridized carbons (Fsp3) is 0.444. The molecule has 0 atom stereocenters. The predicted octanol–water partition coefficient (Wildman–Crippen LogP) is -0.669. The molecule has 0 fully saturated rings. The highest BCUT2D eigenvalue weighted by Gasteiger charge is 2.05. The molecule has 0 bridgehead atoms. The van der Waals surface area contributed by atoms with Gasteiger partial charge in [0.15, 0.2) is 0 Å². The third kappa shape index (κ3) is 18.6. The van der Waals surface area contributed by atoms with E-state index < -0.39 is 24.2 Å².